The Morgan fingerprint density at radius 1 is 1.15 bits per heavy atom. The molecular weight excluding hydrogens is 349 g/mol. The van der Waals surface area contributed by atoms with Gasteiger partial charge in [-0.15, -0.1) is 0 Å². The molecule has 0 bridgehead atoms. The number of nitrogens with zero attached hydrogens (tertiary/aromatic N) is 2. The first-order chi connectivity index (χ1) is 13.1. The summed E-state index contributed by atoms with van der Waals surface area (Å²) in [6.45, 7) is 1.81. The number of nitrogens with one attached hydrogen (secondary N) is 1. The van der Waals surface area contributed by atoms with Gasteiger partial charge in [-0.2, -0.15) is 5.10 Å². The largest absolute Gasteiger partial charge is 0.492 e. The van der Waals surface area contributed by atoms with Crippen LogP contribution >= 0.6 is 0 Å². The number of carbonyl (C=O) groups excluding carboxylic acids is 1. The van der Waals surface area contributed by atoms with Gasteiger partial charge < -0.3 is 10.1 Å². The van der Waals surface area contributed by atoms with E-state index in [9.17, 15) is 14.0 Å². The average Bonchev–Trinajstić information content (AvgIpc) is 2.67. The summed E-state index contributed by atoms with van der Waals surface area (Å²) < 4.78 is 19.8. The summed E-state index contributed by atoms with van der Waals surface area (Å²) in [6.07, 6.45) is 0. The third-order valence-corrected chi connectivity index (χ3v) is 3.75. The number of benzene rings is 2. The van der Waals surface area contributed by atoms with E-state index in [1.807, 2.05) is 30.3 Å². The predicted molar refractivity (Wildman–Crippen MR) is 100 cm³/mol. The Bertz CT molecular complexity index is 1000. The molecule has 7 heteroatoms. The summed E-state index contributed by atoms with van der Waals surface area (Å²) in [7, 11) is 0. The smallest absolute Gasteiger partial charge is 0.267 e. The number of hydrogen-bond donors (Lipinski definition) is 1. The van der Waals surface area contributed by atoms with Crippen molar-refractivity contribution in [2.75, 3.05) is 11.9 Å². The minimum atomic E-state index is -0.470. The number of carbonyl (C=O) groups is 1. The van der Waals surface area contributed by atoms with Crippen LogP contribution in [0.2, 0.25) is 0 Å². The van der Waals surface area contributed by atoms with E-state index in [4.69, 9.17) is 4.74 Å². The molecule has 1 N–H and O–H groups in total. The lowest BCUT2D eigenvalue weighted by molar-refractivity contribution is -0.117. The first-order valence-electron chi connectivity index (χ1n) is 8.42. The van der Waals surface area contributed by atoms with Crippen molar-refractivity contribution >= 4 is 11.6 Å². The molecule has 0 aliphatic carbocycles. The molecule has 1 amide bonds. The molecule has 0 aliphatic heterocycles. The van der Waals surface area contributed by atoms with Gasteiger partial charge in [0.25, 0.3) is 5.56 Å². The van der Waals surface area contributed by atoms with Crippen LogP contribution in [0.5, 0.6) is 5.75 Å². The zero-order valence-corrected chi connectivity index (χ0v) is 14.7. The number of anilines is 1. The highest BCUT2D eigenvalue weighted by Gasteiger charge is 2.12. The van der Waals surface area contributed by atoms with Crippen molar-refractivity contribution < 1.29 is 13.9 Å². The first kappa shape index (κ1) is 18.3. The molecular formula is C20H18FN3O3. The number of hydrogen-bond acceptors (Lipinski definition) is 4. The minimum absolute atomic E-state index is 0.226. The molecule has 0 fully saturated rings. The van der Waals surface area contributed by atoms with Crippen LogP contribution in [0.15, 0.2) is 65.5 Å². The maximum Gasteiger partial charge on any atom is 0.267 e. The fourth-order valence-electron chi connectivity index (χ4n) is 2.53. The Balaban J connectivity index is 1.80. The lowest BCUT2D eigenvalue weighted by Crippen LogP contribution is -2.29. The molecule has 0 spiro atoms. The Morgan fingerprint density at radius 3 is 2.67 bits per heavy atom. The Hall–Kier alpha value is -3.48. The normalized spacial score (nSPS) is 10.4. The zero-order chi connectivity index (χ0) is 19.2. The first-order valence-corrected chi connectivity index (χ1v) is 8.42. The molecule has 0 saturated carbocycles. The van der Waals surface area contributed by atoms with Crippen molar-refractivity contribution in [1.82, 2.24) is 9.78 Å². The molecule has 3 rings (SSSR count). The van der Waals surface area contributed by atoms with Gasteiger partial charge in [0.1, 0.15) is 18.1 Å². The van der Waals surface area contributed by atoms with Gasteiger partial charge in [-0.05, 0) is 25.1 Å². The summed E-state index contributed by atoms with van der Waals surface area (Å²) in [5.41, 5.74) is 1.35. The van der Waals surface area contributed by atoms with Crippen molar-refractivity contribution in [2.45, 2.75) is 13.5 Å². The Kier molecular flexibility index (Phi) is 5.61. The standard InChI is InChI=1S/C20H18FN3O3/c1-2-27-18-12-15(21)8-9-17(18)22-19(25)13-24-20(26)11-10-16(23-24)14-6-4-3-5-7-14/h3-12H,2,13H2,1H3,(H,22,25). The van der Waals surface area contributed by atoms with Crippen LogP contribution in [-0.4, -0.2) is 22.3 Å². The predicted octanol–water partition coefficient (Wildman–Crippen LogP) is 3.09. The van der Waals surface area contributed by atoms with Gasteiger partial charge in [0.05, 0.1) is 18.0 Å². The summed E-state index contributed by atoms with van der Waals surface area (Å²) in [5.74, 6) is -0.712. The second-order valence-corrected chi connectivity index (χ2v) is 5.70. The van der Waals surface area contributed by atoms with Crippen molar-refractivity contribution in [3.8, 4) is 17.0 Å². The molecule has 1 aromatic heterocycles. The lowest BCUT2D eigenvalue weighted by Gasteiger charge is -2.12. The number of amides is 1. The molecule has 2 aromatic carbocycles. The molecule has 1 heterocycles. The van der Waals surface area contributed by atoms with Crippen LogP contribution in [0.1, 0.15) is 6.92 Å². The molecule has 138 valence electrons. The fourth-order valence-corrected chi connectivity index (χ4v) is 2.53. The van der Waals surface area contributed by atoms with Gasteiger partial charge in [-0.1, -0.05) is 30.3 Å². The third kappa shape index (κ3) is 4.58. The highest BCUT2D eigenvalue weighted by atomic mass is 19.1. The van der Waals surface area contributed by atoms with Crippen molar-refractivity contribution in [3.05, 3.63) is 76.8 Å². The van der Waals surface area contributed by atoms with Crippen LogP contribution in [0.25, 0.3) is 11.3 Å². The average molecular weight is 367 g/mol. The third-order valence-electron chi connectivity index (χ3n) is 3.75. The summed E-state index contributed by atoms with van der Waals surface area (Å²) in [6, 6.07) is 16.1. The van der Waals surface area contributed by atoms with Crippen LogP contribution in [0.3, 0.4) is 0 Å². The second kappa shape index (κ2) is 8.27. The summed E-state index contributed by atoms with van der Waals surface area (Å²) >= 11 is 0. The number of aromatic nitrogens is 2. The molecule has 0 atom stereocenters. The molecule has 0 radical (unpaired) electrons. The quantitative estimate of drug-likeness (QED) is 0.727. The van der Waals surface area contributed by atoms with E-state index in [2.05, 4.69) is 10.4 Å². The van der Waals surface area contributed by atoms with Gasteiger partial charge in [0, 0.05) is 17.7 Å². The van der Waals surface area contributed by atoms with E-state index in [0.29, 0.717) is 18.0 Å². The summed E-state index contributed by atoms with van der Waals surface area (Å²) in [5, 5.41) is 6.88. The highest BCUT2D eigenvalue weighted by molar-refractivity contribution is 5.92. The van der Waals surface area contributed by atoms with Crippen molar-refractivity contribution in [2.24, 2.45) is 0 Å². The molecule has 6 nitrogen and oxygen atoms in total. The zero-order valence-electron chi connectivity index (χ0n) is 14.7. The van der Waals surface area contributed by atoms with Gasteiger partial charge in [0.2, 0.25) is 5.91 Å². The van der Waals surface area contributed by atoms with Gasteiger partial charge in [0.15, 0.2) is 0 Å². The molecule has 0 aliphatic rings. The topological polar surface area (TPSA) is 73.2 Å². The fraction of sp³-hybridized carbons (Fsp3) is 0.150. The number of ether oxygens (including phenoxy) is 1. The van der Waals surface area contributed by atoms with E-state index in [-0.39, 0.29) is 12.3 Å². The highest BCUT2D eigenvalue weighted by Crippen LogP contribution is 2.25. The maximum atomic E-state index is 13.4. The van der Waals surface area contributed by atoms with Crippen molar-refractivity contribution in [3.63, 3.8) is 0 Å². The van der Waals surface area contributed by atoms with Gasteiger partial charge >= 0.3 is 0 Å². The van der Waals surface area contributed by atoms with E-state index >= 15 is 0 Å². The van der Waals surface area contributed by atoms with E-state index < -0.39 is 17.3 Å². The van der Waals surface area contributed by atoms with Crippen LogP contribution in [0, 0.1) is 5.82 Å². The molecule has 3 aromatic rings. The second-order valence-electron chi connectivity index (χ2n) is 5.70. The Morgan fingerprint density at radius 2 is 1.93 bits per heavy atom. The lowest BCUT2D eigenvalue weighted by atomic mass is 10.1. The van der Waals surface area contributed by atoms with Crippen LogP contribution < -0.4 is 15.6 Å². The summed E-state index contributed by atoms with van der Waals surface area (Å²) in [4.78, 5) is 24.4. The maximum absolute atomic E-state index is 13.4. The minimum Gasteiger partial charge on any atom is -0.492 e. The monoisotopic (exact) mass is 367 g/mol. The molecule has 0 saturated heterocycles. The molecule has 0 unspecified atom stereocenters. The van der Waals surface area contributed by atoms with Crippen LogP contribution in [0.4, 0.5) is 10.1 Å². The van der Waals surface area contributed by atoms with Crippen molar-refractivity contribution in [1.29, 1.82) is 0 Å². The van der Waals surface area contributed by atoms with Gasteiger partial charge in [-0.3, -0.25) is 9.59 Å². The Labute approximate surface area is 155 Å². The number of halogens is 1. The number of rotatable bonds is 6. The van der Waals surface area contributed by atoms with E-state index in [1.54, 1.807) is 13.0 Å². The van der Waals surface area contributed by atoms with Gasteiger partial charge in [-0.25, -0.2) is 9.07 Å². The SMILES string of the molecule is CCOc1cc(F)ccc1NC(=O)Cn1nc(-c2ccccc2)ccc1=O. The van der Waals surface area contributed by atoms with E-state index in [0.717, 1.165) is 10.2 Å². The van der Waals surface area contributed by atoms with Crippen LogP contribution in [-0.2, 0) is 11.3 Å². The molecule has 27 heavy (non-hydrogen) atoms. The van der Waals surface area contributed by atoms with E-state index in [1.165, 1.54) is 24.3 Å².